The highest BCUT2D eigenvalue weighted by atomic mass is 32.2. The first-order valence-electron chi connectivity index (χ1n) is 7.62. The number of amides is 1. The van der Waals surface area contributed by atoms with E-state index >= 15 is 0 Å². The van der Waals surface area contributed by atoms with Gasteiger partial charge < -0.3 is 14.8 Å². The van der Waals surface area contributed by atoms with Crippen molar-refractivity contribution in [2.24, 2.45) is 0 Å². The molecule has 1 amide bonds. The Labute approximate surface area is 145 Å². The molecule has 1 heterocycles. The van der Waals surface area contributed by atoms with Gasteiger partial charge in [-0.05, 0) is 37.6 Å². The smallest absolute Gasteiger partial charge is 0.347 e. The van der Waals surface area contributed by atoms with Crippen molar-refractivity contribution in [1.29, 1.82) is 5.26 Å². The second kappa shape index (κ2) is 7.98. The largest absolute Gasteiger partial charge is 0.479 e. The highest BCUT2D eigenvalue weighted by molar-refractivity contribution is 7.91. The number of carbonyl (C=O) groups excluding carboxylic acids is 2. The molecule has 0 spiro atoms. The first kappa shape index (κ1) is 18.7. The molecule has 134 valence electrons. The van der Waals surface area contributed by atoms with E-state index in [1.165, 1.54) is 6.92 Å². The van der Waals surface area contributed by atoms with E-state index in [0.717, 1.165) is 0 Å². The van der Waals surface area contributed by atoms with Gasteiger partial charge in [-0.1, -0.05) is 0 Å². The molecule has 2 rings (SSSR count). The molecular weight excluding hydrogens is 348 g/mol. The maximum absolute atomic E-state index is 11.8. The molecule has 1 aliphatic rings. The van der Waals surface area contributed by atoms with Crippen LogP contribution in [-0.4, -0.2) is 50.6 Å². The Kier molecular flexibility index (Phi) is 5.98. The molecule has 0 aliphatic carbocycles. The van der Waals surface area contributed by atoms with Gasteiger partial charge in [0.15, 0.2) is 22.5 Å². The second-order valence-corrected chi connectivity index (χ2v) is 7.90. The molecule has 25 heavy (non-hydrogen) atoms. The Hall–Kier alpha value is -2.60. The third-order valence-corrected chi connectivity index (χ3v) is 5.34. The number of carbonyl (C=O) groups is 2. The van der Waals surface area contributed by atoms with Crippen molar-refractivity contribution in [3.05, 3.63) is 29.8 Å². The summed E-state index contributed by atoms with van der Waals surface area (Å²) < 4.78 is 32.9. The molecule has 0 unspecified atom stereocenters. The number of nitrogens with one attached hydrogen (secondary N) is 1. The van der Waals surface area contributed by atoms with Crippen LogP contribution in [-0.2, 0) is 24.2 Å². The Morgan fingerprint density at radius 2 is 2.04 bits per heavy atom. The molecule has 0 bridgehead atoms. The maximum Gasteiger partial charge on any atom is 0.347 e. The van der Waals surface area contributed by atoms with Crippen molar-refractivity contribution in [1.82, 2.24) is 5.32 Å². The van der Waals surface area contributed by atoms with Crippen LogP contribution in [0.5, 0.6) is 5.75 Å². The quantitative estimate of drug-likeness (QED) is 0.712. The van der Waals surface area contributed by atoms with E-state index in [1.54, 1.807) is 24.3 Å². The fraction of sp³-hybridized carbons (Fsp3) is 0.438. The highest BCUT2D eigenvalue weighted by Crippen LogP contribution is 2.14. The SMILES string of the molecule is C[C@H](Oc1ccc(C#N)cc1)C(=O)OCC(=O)N[C@@H]1CCS(=O)(=O)C1. The van der Waals surface area contributed by atoms with Gasteiger partial charge in [-0.3, -0.25) is 4.79 Å². The summed E-state index contributed by atoms with van der Waals surface area (Å²) in [6.07, 6.45) is -0.576. The molecule has 1 fully saturated rings. The van der Waals surface area contributed by atoms with Crippen LogP contribution in [0.2, 0.25) is 0 Å². The van der Waals surface area contributed by atoms with Crippen LogP contribution in [0.1, 0.15) is 18.9 Å². The van der Waals surface area contributed by atoms with Gasteiger partial charge in [0.1, 0.15) is 5.75 Å². The van der Waals surface area contributed by atoms with Crippen molar-refractivity contribution in [2.45, 2.75) is 25.5 Å². The van der Waals surface area contributed by atoms with E-state index in [0.29, 0.717) is 17.7 Å². The first-order valence-corrected chi connectivity index (χ1v) is 9.44. The van der Waals surface area contributed by atoms with Crippen molar-refractivity contribution in [3.8, 4) is 11.8 Å². The fourth-order valence-electron chi connectivity index (χ4n) is 2.29. The topological polar surface area (TPSA) is 123 Å². The molecule has 1 aromatic carbocycles. The van der Waals surface area contributed by atoms with Crippen molar-refractivity contribution < 1.29 is 27.5 Å². The molecule has 2 atom stereocenters. The van der Waals surface area contributed by atoms with Crippen LogP contribution in [0.15, 0.2) is 24.3 Å². The summed E-state index contributed by atoms with van der Waals surface area (Å²) in [7, 11) is -3.09. The molecule has 8 nitrogen and oxygen atoms in total. The van der Waals surface area contributed by atoms with Gasteiger partial charge in [0.05, 0.1) is 23.1 Å². The van der Waals surface area contributed by atoms with Crippen LogP contribution in [0.25, 0.3) is 0 Å². The van der Waals surface area contributed by atoms with Crippen molar-refractivity contribution in [2.75, 3.05) is 18.1 Å². The zero-order valence-corrected chi connectivity index (χ0v) is 14.4. The van der Waals surface area contributed by atoms with Gasteiger partial charge in [0.25, 0.3) is 5.91 Å². The number of hydrogen-bond acceptors (Lipinski definition) is 7. The minimum absolute atomic E-state index is 0.0488. The van der Waals surface area contributed by atoms with Gasteiger partial charge in [0.2, 0.25) is 0 Å². The van der Waals surface area contributed by atoms with E-state index in [9.17, 15) is 18.0 Å². The summed E-state index contributed by atoms with van der Waals surface area (Å²) in [6, 6.07) is 7.73. The van der Waals surface area contributed by atoms with E-state index in [1.807, 2.05) is 6.07 Å². The summed E-state index contributed by atoms with van der Waals surface area (Å²) in [4.78, 5) is 23.6. The Morgan fingerprint density at radius 1 is 1.36 bits per heavy atom. The number of ether oxygens (including phenoxy) is 2. The lowest BCUT2D eigenvalue weighted by Gasteiger charge is -2.15. The molecule has 1 aromatic rings. The summed E-state index contributed by atoms with van der Waals surface area (Å²) in [5, 5.41) is 11.2. The number of sulfone groups is 1. The molecule has 0 aromatic heterocycles. The van der Waals surface area contributed by atoms with E-state index < -0.39 is 40.5 Å². The zero-order chi connectivity index (χ0) is 18.4. The Bertz CT molecular complexity index is 782. The minimum Gasteiger partial charge on any atom is -0.479 e. The van der Waals surface area contributed by atoms with Crippen LogP contribution in [0, 0.1) is 11.3 Å². The number of nitrogens with zero attached hydrogens (tertiary/aromatic N) is 1. The highest BCUT2D eigenvalue weighted by Gasteiger charge is 2.29. The molecule has 1 N–H and O–H groups in total. The standard InChI is InChI=1S/C16H18N2O6S/c1-11(24-14-4-2-12(8-17)3-5-14)16(20)23-9-15(19)18-13-6-7-25(21,22)10-13/h2-5,11,13H,6-7,9-10H2,1H3,(H,18,19)/t11-,13+/m0/s1. The van der Waals surface area contributed by atoms with Crippen LogP contribution in [0.3, 0.4) is 0 Å². The average Bonchev–Trinajstić information content (AvgIpc) is 2.91. The van der Waals surface area contributed by atoms with E-state index in [-0.39, 0.29) is 11.5 Å². The summed E-state index contributed by atoms with van der Waals surface area (Å²) >= 11 is 0. The molecular formula is C16H18N2O6S. The van der Waals surface area contributed by atoms with E-state index in [4.69, 9.17) is 14.7 Å². The predicted molar refractivity (Wildman–Crippen MR) is 87.4 cm³/mol. The summed E-state index contributed by atoms with van der Waals surface area (Å²) in [5.41, 5.74) is 0.466. The number of nitriles is 1. The van der Waals surface area contributed by atoms with Gasteiger partial charge >= 0.3 is 5.97 Å². The molecule has 1 saturated heterocycles. The number of esters is 1. The van der Waals surface area contributed by atoms with Crippen molar-refractivity contribution in [3.63, 3.8) is 0 Å². The van der Waals surface area contributed by atoms with Gasteiger partial charge in [-0.2, -0.15) is 5.26 Å². The molecule has 0 radical (unpaired) electrons. The second-order valence-electron chi connectivity index (χ2n) is 5.67. The monoisotopic (exact) mass is 366 g/mol. The summed E-state index contributed by atoms with van der Waals surface area (Å²) in [5.74, 6) is -0.929. The molecule has 0 saturated carbocycles. The minimum atomic E-state index is -3.09. The normalized spacial score (nSPS) is 19.4. The van der Waals surface area contributed by atoms with Gasteiger partial charge in [-0.25, -0.2) is 13.2 Å². The maximum atomic E-state index is 11.8. The van der Waals surface area contributed by atoms with Crippen LogP contribution in [0.4, 0.5) is 0 Å². The van der Waals surface area contributed by atoms with Crippen LogP contribution < -0.4 is 10.1 Å². The van der Waals surface area contributed by atoms with Crippen LogP contribution >= 0.6 is 0 Å². The van der Waals surface area contributed by atoms with Gasteiger partial charge in [0, 0.05) is 6.04 Å². The number of benzene rings is 1. The van der Waals surface area contributed by atoms with E-state index in [2.05, 4.69) is 5.32 Å². The Balaban J connectivity index is 1.75. The third kappa shape index (κ3) is 5.76. The predicted octanol–water partition coefficient (Wildman–Crippen LogP) is 0.172. The first-order chi connectivity index (χ1) is 11.8. The number of rotatable bonds is 6. The number of hydrogen-bond donors (Lipinski definition) is 1. The molecule has 1 aliphatic heterocycles. The summed E-state index contributed by atoms with van der Waals surface area (Å²) in [6.45, 7) is 0.971. The zero-order valence-electron chi connectivity index (χ0n) is 13.6. The molecule has 9 heteroatoms. The van der Waals surface area contributed by atoms with Gasteiger partial charge in [-0.15, -0.1) is 0 Å². The average molecular weight is 366 g/mol. The third-order valence-electron chi connectivity index (χ3n) is 3.57. The lowest BCUT2D eigenvalue weighted by molar-refractivity contribution is -0.154. The lowest BCUT2D eigenvalue weighted by atomic mass is 10.2. The lowest BCUT2D eigenvalue weighted by Crippen LogP contribution is -2.39. The fourth-order valence-corrected chi connectivity index (χ4v) is 3.97. The van der Waals surface area contributed by atoms with Crippen molar-refractivity contribution >= 4 is 21.7 Å². The Morgan fingerprint density at radius 3 is 2.60 bits per heavy atom.